The van der Waals surface area contributed by atoms with E-state index < -0.39 is 5.82 Å². The lowest BCUT2D eigenvalue weighted by Crippen LogP contribution is -2.05. The van der Waals surface area contributed by atoms with Crippen molar-refractivity contribution in [2.24, 2.45) is 0 Å². The molecule has 4 N–H and O–H groups in total. The van der Waals surface area contributed by atoms with Gasteiger partial charge in [0, 0.05) is 13.6 Å². The number of aromatic nitrogens is 2. The minimum atomic E-state index is -0.442. The maximum atomic E-state index is 13.5. The van der Waals surface area contributed by atoms with E-state index in [4.69, 9.17) is 16.7 Å². The van der Waals surface area contributed by atoms with Crippen molar-refractivity contribution in [3.63, 3.8) is 0 Å². The average molecular weight is 434 g/mol. The third-order valence-electron chi connectivity index (χ3n) is 2.31. The van der Waals surface area contributed by atoms with Crippen molar-refractivity contribution in [2.45, 2.75) is 0 Å². The van der Waals surface area contributed by atoms with Crippen LogP contribution in [-0.2, 0) is 0 Å². The molecule has 0 fully saturated rings. The maximum Gasteiger partial charge on any atom is 0.222 e. The van der Waals surface area contributed by atoms with E-state index in [0.717, 1.165) is 0 Å². The summed E-state index contributed by atoms with van der Waals surface area (Å²) in [6, 6.07) is 4.52. The zero-order valence-corrected chi connectivity index (χ0v) is 13.0. The molecule has 0 aliphatic carbocycles. The van der Waals surface area contributed by atoms with Gasteiger partial charge in [-0.15, -0.1) is 0 Å². The molecule has 0 spiro atoms. The molecule has 8 heteroatoms. The molecule has 96 valence electrons. The molecular formula is C11H6BrFIN5. The van der Waals surface area contributed by atoms with Gasteiger partial charge >= 0.3 is 0 Å². The monoisotopic (exact) mass is 433 g/mol. The number of anilines is 2. The molecule has 1 aromatic carbocycles. The third-order valence-corrected chi connectivity index (χ3v) is 4.76. The van der Waals surface area contributed by atoms with Crippen molar-refractivity contribution in [3.05, 3.63) is 31.6 Å². The fourth-order valence-corrected chi connectivity index (χ4v) is 2.53. The molecule has 0 aliphatic heterocycles. The lowest BCUT2D eigenvalue weighted by molar-refractivity contribution is 0.627. The summed E-state index contributed by atoms with van der Waals surface area (Å²) in [5, 5.41) is 9.12. The van der Waals surface area contributed by atoms with E-state index in [-0.39, 0.29) is 23.0 Å². The summed E-state index contributed by atoms with van der Waals surface area (Å²) in [6.07, 6.45) is 0. The number of rotatable bonds is 1. The minimum absolute atomic E-state index is 0.0313. The molecule has 0 bridgehead atoms. The molecule has 0 radical (unpaired) electrons. The summed E-state index contributed by atoms with van der Waals surface area (Å²) in [5.74, 6) is -0.545. The van der Waals surface area contributed by atoms with E-state index in [1.807, 2.05) is 28.7 Å². The van der Waals surface area contributed by atoms with Crippen molar-refractivity contribution < 1.29 is 4.39 Å². The maximum absolute atomic E-state index is 13.5. The van der Waals surface area contributed by atoms with Crippen molar-refractivity contribution >= 4 is 50.3 Å². The molecule has 0 unspecified atom stereocenters. The van der Waals surface area contributed by atoms with Crippen LogP contribution in [0.3, 0.4) is 0 Å². The Morgan fingerprint density at radius 1 is 1.32 bits per heavy atom. The van der Waals surface area contributed by atoms with Crippen molar-refractivity contribution in [1.82, 2.24) is 9.97 Å². The Bertz CT molecular complexity index is 713. The first-order valence-corrected chi connectivity index (χ1v) is 6.79. The number of halogens is 3. The molecule has 5 nitrogen and oxygen atoms in total. The SMILES string of the molecule is N#Cc1c(N)nc(N)nc1-c1cc(F)cc(I)c1Br. The lowest BCUT2D eigenvalue weighted by Gasteiger charge is -2.10. The van der Waals surface area contributed by atoms with E-state index in [9.17, 15) is 4.39 Å². The van der Waals surface area contributed by atoms with Gasteiger partial charge in [-0.25, -0.2) is 9.37 Å². The zero-order chi connectivity index (χ0) is 14.2. The summed E-state index contributed by atoms with van der Waals surface area (Å²) in [4.78, 5) is 7.70. The summed E-state index contributed by atoms with van der Waals surface area (Å²) >= 11 is 5.31. The largest absolute Gasteiger partial charge is 0.382 e. The Hall–Kier alpha value is -1.47. The molecule has 1 heterocycles. The number of benzene rings is 1. The second-order valence-corrected chi connectivity index (χ2v) is 5.51. The van der Waals surface area contributed by atoms with E-state index >= 15 is 0 Å². The Balaban J connectivity index is 2.83. The number of hydrogen-bond acceptors (Lipinski definition) is 5. The molecule has 0 amide bonds. The normalized spacial score (nSPS) is 10.2. The van der Waals surface area contributed by atoms with E-state index in [1.54, 1.807) is 0 Å². The van der Waals surface area contributed by atoms with E-state index in [2.05, 4.69) is 25.9 Å². The zero-order valence-electron chi connectivity index (χ0n) is 9.28. The standard InChI is InChI=1S/C11H6BrFIN5/c12-8-5(1-4(13)2-7(8)14)9-6(3-15)10(16)19-11(17)18-9/h1-2H,(H4,16,17,18,19). The molecule has 1 aromatic heterocycles. The van der Waals surface area contributed by atoms with Crippen LogP contribution in [0.25, 0.3) is 11.3 Å². The van der Waals surface area contributed by atoms with Crippen molar-refractivity contribution in [3.8, 4) is 17.3 Å². The lowest BCUT2D eigenvalue weighted by atomic mass is 10.1. The topological polar surface area (TPSA) is 102 Å². The highest BCUT2D eigenvalue weighted by Crippen LogP contribution is 2.35. The average Bonchev–Trinajstić information content (AvgIpc) is 2.33. The van der Waals surface area contributed by atoms with Gasteiger partial charge < -0.3 is 11.5 Å². The summed E-state index contributed by atoms with van der Waals surface area (Å²) < 4.78 is 14.8. The van der Waals surface area contributed by atoms with E-state index in [1.165, 1.54) is 12.1 Å². The second-order valence-electron chi connectivity index (χ2n) is 3.55. The molecule has 0 saturated carbocycles. The summed E-state index contributed by atoms with van der Waals surface area (Å²) in [6.45, 7) is 0. The summed E-state index contributed by atoms with van der Waals surface area (Å²) in [5.41, 5.74) is 11.8. The molecular weight excluding hydrogens is 428 g/mol. The number of hydrogen-bond donors (Lipinski definition) is 2. The molecule has 2 rings (SSSR count). The highest BCUT2D eigenvalue weighted by molar-refractivity contribution is 14.1. The first kappa shape index (κ1) is 14.0. The van der Waals surface area contributed by atoms with Crippen LogP contribution in [0.15, 0.2) is 16.6 Å². The molecule has 2 aromatic rings. The quantitative estimate of drug-likeness (QED) is 0.531. The smallest absolute Gasteiger partial charge is 0.222 e. The van der Waals surface area contributed by atoms with Gasteiger partial charge in [0.2, 0.25) is 5.95 Å². The molecule has 0 atom stereocenters. The number of nitriles is 1. The van der Waals surface area contributed by atoms with Gasteiger partial charge in [-0.05, 0) is 50.7 Å². The van der Waals surface area contributed by atoms with Gasteiger partial charge in [0.1, 0.15) is 23.3 Å². The van der Waals surface area contributed by atoms with Crippen LogP contribution >= 0.6 is 38.5 Å². The van der Waals surface area contributed by atoms with Crippen LogP contribution < -0.4 is 11.5 Å². The predicted molar refractivity (Wildman–Crippen MR) is 81.4 cm³/mol. The van der Waals surface area contributed by atoms with Crippen LogP contribution in [0, 0.1) is 20.7 Å². The van der Waals surface area contributed by atoms with Gasteiger partial charge in [-0.2, -0.15) is 10.2 Å². The fraction of sp³-hybridized carbons (Fsp3) is 0. The van der Waals surface area contributed by atoms with Crippen LogP contribution in [0.5, 0.6) is 0 Å². The van der Waals surface area contributed by atoms with Crippen LogP contribution in [0.1, 0.15) is 5.56 Å². The Morgan fingerprint density at radius 2 is 2.00 bits per heavy atom. The van der Waals surface area contributed by atoms with Crippen molar-refractivity contribution in [2.75, 3.05) is 11.5 Å². The fourth-order valence-electron chi connectivity index (χ4n) is 1.53. The molecule has 0 saturated heterocycles. The Kier molecular flexibility index (Phi) is 3.86. The van der Waals surface area contributed by atoms with Crippen LogP contribution in [0.4, 0.5) is 16.2 Å². The second kappa shape index (κ2) is 5.26. The van der Waals surface area contributed by atoms with Gasteiger partial charge in [0.15, 0.2) is 0 Å². The minimum Gasteiger partial charge on any atom is -0.382 e. The Labute approximate surface area is 130 Å². The van der Waals surface area contributed by atoms with Gasteiger partial charge in [-0.1, -0.05) is 0 Å². The third kappa shape index (κ3) is 2.62. The van der Waals surface area contributed by atoms with Gasteiger partial charge in [0.25, 0.3) is 0 Å². The predicted octanol–water partition coefficient (Wildman–Crippen LogP) is 2.69. The van der Waals surface area contributed by atoms with Gasteiger partial charge in [0.05, 0.1) is 5.69 Å². The van der Waals surface area contributed by atoms with E-state index in [0.29, 0.717) is 13.6 Å². The number of nitrogens with zero attached hydrogens (tertiary/aromatic N) is 3. The summed E-state index contributed by atoms with van der Waals surface area (Å²) in [7, 11) is 0. The highest BCUT2D eigenvalue weighted by Gasteiger charge is 2.17. The van der Waals surface area contributed by atoms with Crippen LogP contribution in [0.2, 0.25) is 0 Å². The van der Waals surface area contributed by atoms with Gasteiger partial charge in [-0.3, -0.25) is 0 Å². The van der Waals surface area contributed by atoms with Crippen LogP contribution in [-0.4, -0.2) is 9.97 Å². The Morgan fingerprint density at radius 3 is 2.63 bits per heavy atom. The molecule has 19 heavy (non-hydrogen) atoms. The first-order chi connectivity index (χ1) is 8.93. The van der Waals surface area contributed by atoms with Crippen molar-refractivity contribution in [1.29, 1.82) is 5.26 Å². The highest BCUT2D eigenvalue weighted by atomic mass is 127. The number of nitrogens with two attached hydrogens (primary N) is 2. The molecule has 0 aliphatic rings. The first-order valence-electron chi connectivity index (χ1n) is 4.92. The number of nitrogen functional groups attached to an aromatic ring is 2.